The highest BCUT2D eigenvalue weighted by Crippen LogP contribution is 2.24. The van der Waals surface area contributed by atoms with Crippen LogP contribution >= 0.6 is 0 Å². The van der Waals surface area contributed by atoms with Crippen molar-refractivity contribution in [1.29, 1.82) is 0 Å². The molecule has 1 unspecified atom stereocenters. The number of nitrogens with zero attached hydrogens (tertiary/aromatic N) is 2. The summed E-state index contributed by atoms with van der Waals surface area (Å²) in [6.45, 7) is 2.45. The summed E-state index contributed by atoms with van der Waals surface area (Å²) >= 11 is 0. The highest BCUT2D eigenvalue weighted by atomic mass is 19.1. The van der Waals surface area contributed by atoms with E-state index in [1.165, 1.54) is 36.2 Å². The van der Waals surface area contributed by atoms with Crippen molar-refractivity contribution >= 4 is 0 Å². The molecule has 0 bridgehead atoms. The van der Waals surface area contributed by atoms with E-state index in [0.29, 0.717) is 12.1 Å². The molecule has 1 heterocycles. The zero-order valence-corrected chi connectivity index (χ0v) is 13.0. The molecule has 3 rings (SSSR count). The highest BCUT2D eigenvalue weighted by molar-refractivity contribution is 5.29. The summed E-state index contributed by atoms with van der Waals surface area (Å²) < 4.78 is 29.0. The van der Waals surface area contributed by atoms with Crippen LogP contribution in [0.2, 0.25) is 0 Å². The molecule has 22 heavy (non-hydrogen) atoms. The largest absolute Gasteiger partial charge is 0.304 e. The summed E-state index contributed by atoms with van der Waals surface area (Å²) in [5.74, 6) is -0.795. The fourth-order valence-electron chi connectivity index (χ4n) is 3.17. The summed E-state index contributed by atoms with van der Waals surface area (Å²) in [6, 6.07) is 3.31. The van der Waals surface area contributed by atoms with E-state index < -0.39 is 5.82 Å². The van der Waals surface area contributed by atoms with Gasteiger partial charge in [-0.15, -0.1) is 0 Å². The second kappa shape index (κ2) is 6.16. The van der Waals surface area contributed by atoms with E-state index in [-0.39, 0.29) is 11.9 Å². The Bertz CT molecular complexity index is 679. The summed E-state index contributed by atoms with van der Waals surface area (Å²) in [5, 5.41) is 7.87. The van der Waals surface area contributed by atoms with E-state index in [0.717, 1.165) is 24.6 Å². The Morgan fingerprint density at radius 2 is 2.05 bits per heavy atom. The first-order valence-electron chi connectivity index (χ1n) is 7.78. The van der Waals surface area contributed by atoms with E-state index in [9.17, 15) is 8.78 Å². The topological polar surface area (TPSA) is 29.9 Å². The molecule has 5 heteroatoms. The van der Waals surface area contributed by atoms with Crippen molar-refractivity contribution in [3.63, 3.8) is 0 Å². The maximum atomic E-state index is 13.8. The van der Waals surface area contributed by atoms with Gasteiger partial charge in [-0.3, -0.25) is 4.68 Å². The second-order valence-corrected chi connectivity index (χ2v) is 5.97. The maximum Gasteiger partial charge on any atom is 0.128 e. The normalized spacial score (nSPS) is 15.6. The maximum absolute atomic E-state index is 13.8. The third-order valence-electron chi connectivity index (χ3n) is 4.45. The quantitative estimate of drug-likeness (QED) is 0.938. The molecular weight excluding hydrogens is 284 g/mol. The first kappa shape index (κ1) is 15.2. The van der Waals surface area contributed by atoms with Crippen LogP contribution in [0.15, 0.2) is 18.2 Å². The van der Waals surface area contributed by atoms with Gasteiger partial charge in [0.15, 0.2) is 0 Å². The van der Waals surface area contributed by atoms with Crippen LogP contribution in [0, 0.1) is 11.6 Å². The van der Waals surface area contributed by atoms with Crippen LogP contribution in [0.25, 0.3) is 0 Å². The number of aromatic nitrogens is 2. The zero-order valence-electron chi connectivity index (χ0n) is 13.0. The molecule has 2 aromatic rings. The van der Waals surface area contributed by atoms with Crippen LogP contribution in [0.3, 0.4) is 0 Å². The van der Waals surface area contributed by atoms with Gasteiger partial charge < -0.3 is 5.32 Å². The van der Waals surface area contributed by atoms with Gasteiger partial charge in [0.1, 0.15) is 11.6 Å². The Morgan fingerprint density at radius 1 is 1.27 bits per heavy atom. The van der Waals surface area contributed by atoms with Crippen molar-refractivity contribution < 1.29 is 8.78 Å². The number of hydrogen-bond donors (Lipinski definition) is 1. The zero-order chi connectivity index (χ0) is 15.7. The van der Waals surface area contributed by atoms with Crippen LogP contribution in [0.4, 0.5) is 8.78 Å². The number of hydrogen-bond acceptors (Lipinski definition) is 2. The molecule has 0 amide bonds. The monoisotopic (exact) mass is 305 g/mol. The van der Waals surface area contributed by atoms with Gasteiger partial charge in [-0.1, -0.05) is 0 Å². The minimum absolute atomic E-state index is 0.259. The molecule has 118 valence electrons. The van der Waals surface area contributed by atoms with E-state index in [4.69, 9.17) is 0 Å². The van der Waals surface area contributed by atoms with Crippen molar-refractivity contribution in [2.24, 2.45) is 7.05 Å². The average molecular weight is 305 g/mol. The lowest BCUT2D eigenvalue weighted by atomic mass is 9.96. The lowest BCUT2D eigenvalue weighted by Gasteiger charge is -2.17. The predicted molar refractivity (Wildman–Crippen MR) is 81.5 cm³/mol. The standard InChI is InChI=1S/C17H21F2N3/c1-11(14-9-12(18)7-8-15(14)19)20-10-17-13-5-3-4-6-16(13)21-22(17)2/h7-9,11,20H,3-6,10H2,1-2H3. The molecule has 1 atom stereocenters. The van der Waals surface area contributed by atoms with Crippen LogP contribution < -0.4 is 5.32 Å². The van der Waals surface area contributed by atoms with E-state index in [2.05, 4.69) is 10.4 Å². The summed E-state index contributed by atoms with van der Waals surface area (Å²) in [4.78, 5) is 0. The molecule has 0 saturated heterocycles. The highest BCUT2D eigenvalue weighted by Gasteiger charge is 2.20. The van der Waals surface area contributed by atoms with E-state index in [1.807, 2.05) is 18.7 Å². The van der Waals surface area contributed by atoms with Crippen molar-refractivity contribution in [3.8, 4) is 0 Å². The number of benzene rings is 1. The van der Waals surface area contributed by atoms with Crippen LogP contribution in [-0.2, 0) is 26.4 Å². The van der Waals surface area contributed by atoms with Gasteiger partial charge >= 0.3 is 0 Å². The molecule has 0 saturated carbocycles. The number of nitrogens with one attached hydrogen (secondary N) is 1. The van der Waals surface area contributed by atoms with E-state index >= 15 is 0 Å². The molecular formula is C17H21F2N3. The summed E-state index contributed by atoms with van der Waals surface area (Å²) in [7, 11) is 1.95. The third-order valence-corrected chi connectivity index (χ3v) is 4.45. The Balaban J connectivity index is 1.75. The number of rotatable bonds is 4. The van der Waals surface area contributed by atoms with Crippen molar-refractivity contribution in [2.75, 3.05) is 0 Å². The van der Waals surface area contributed by atoms with Gasteiger partial charge in [-0.2, -0.15) is 5.10 Å². The fraction of sp³-hybridized carbons (Fsp3) is 0.471. The Hall–Kier alpha value is -1.75. The van der Waals surface area contributed by atoms with Crippen LogP contribution in [-0.4, -0.2) is 9.78 Å². The Labute approximate surface area is 129 Å². The molecule has 0 spiro atoms. The number of halogens is 2. The molecule has 0 fully saturated rings. The van der Waals surface area contributed by atoms with Gasteiger partial charge in [-0.05, 0) is 56.4 Å². The fourth-order valence-corrected chi connectivity index (χ4v) is 3.17. The SMILES string of the molecule is CC(NCc1c2c(nn1C)CCCC2)c1cc(F)ccc1F. The van der Waals surface area contributed by atoms with E-state index in [1.54, 1.807) is 0 Å². The number of aryl methyl sites for hydroxylation is 2. The molecule has 1 aromatic carbocycles. The Morgan fingerprint density at radius 3 is 2.86 bits per heavy atom. The molecule has 1 N–H and O–H groups in total. The molecule has 0 aliphatic heterocycles. The first-order chi connectivity index (χ1) is 10.6. The summed E-state index contributed by atoms with van der Waals surface area (Å²) in [6.07, 6.45) is 4.49. The van der Waals surface area contributed by atoms with Gasteiger partial charge in [0.25, 0.3) is 0 Å². The molecule has 1 aromatic heterocycles. The predicted octanol–water partition coefficient (Wildman–Crippen LogP) is 3.43. The number of fused-ring (bicyclic) bond motifs is 1. The summed E-state index contributed by atoms with van der Waals surface area (Å²) in [5.41, 5.74) is 4.03. The molecule has 1 aliphatic rings. The first-order valence-corrected chi connectivity index (χ1v) is 7.78. The Kier molecular flexibility index (Phi) is 4.25. The smallest absolute Gasteiger partial charge is 0.128 e. The van der Waals surface area contributed by atoms with Crippen LogP contribution in [0.5, 0.6) is 0 Å². The minimum Gasteiger partial charge on any atom is -0.304 e. The van der Waals surface area contributed by atoms with Gasteiger partial charge in [0.2, 0.25) is 0 Å². The van der Waals surface area contributed by atoms with Gasteiger partial charge in [0, 0.05) is 25.2 Å². The van der Waals surface area contributed by atoms with Gasteiger partial charge in [-0.25, -0.2) is 8.78 Å². The molecule has 1 aliphatic carbocycles. The van der Waals surface area contributed by atoms with Crippen LogP contribution in [0.1, 0.15) is 48.3 Å². The average Bonchev–Trinajstić information content (AvgIpc) is 2.82. The lowest BCUT2D eigenvalue weighted by Crippen LogP contribution is -2.21. The van der Waals surface area contributed by atoms with Crippen molar-refractivity contribution in [2.45, 2.75) is 45.2 Å². The molecule has 3 nitrogen and oxygen atoms in total. The minimum atomic E-state index is -0.414. The van der Waals surface area contributed by atoms with Crippen molar-refractivity contribution in [1.82, 2.24) is 15.1 Å². The lowest BCUT2D eigenvalue weighted by molar-refractivity contribution is 0.506. The van der Waals surface area contributed by atoms with Crippen molar-refractivity contribution in [3.05, 3.63) is 52.3 Å². The van der Waals surface area contributed by atoms with Gasteiger partial charge in [0.05, 0.1) is 11.4 Å². The second-order valence-electron chi connectivity index (χ2n) is 5.97. The third kappa shape index (κ3) is 2.90. The molecule has 0 radical (unpaired) electrons.